The van der Waals surface area contributed by atoms with Crippen molar-refractivity contribution in [2.24, 2.45) is 24.3 Å². The van der Waals surface area contributed by atoms with E-state index in [4.69, 9.17) is 0 Å². The molecule has 1 fully saturated rings. The zero-order valence-corrected chi connectivity index (χ0v) is 14.8. The van der Waals surface area contributed by atoms with Crippen LogP contribution in [0, 0.1) is 17.3 Å². The van der Waals surface area contributed by atoms with Crippen LogP contribution in [-0.2, 0) is 11.8 Å². The summed E-state index contributed by atoms with van der Waals surface area (Å²) in [5, 5.41) is 10.9. The fourth-order valence-electron chi connectivity index (χ4n) is 2.67. The highest BCUT2D eigenvalue weighted by molar-refractivity contribution is 5.92. The van der Waals surface area contributed by atoms with Crippen LogP contribution in [0.25, 0.3) is 0 Å². The van der Waals surface area contributed by atoms with E-state index in [0.29, 0.717) is 18.8 Å². The van der Waals surface area contributed by atoms with Crippen LogP contribution in [0.3, 0.4) is 0 Å². The van der Waals surface area contributed by atoms with E-state index in [1.54, 1.807) is 7.05 Å². The van der Waals surface area contributed by atoms with Crippen LogP contribution in [0.1, 0.15) is 45.1 Å². The average molecular weight is 321 g/mol. The van der Waals surface area contributed by atoms with Gasteiger partial charge in [0, 0.05) is 25.6 Å². The Labute approximate surface area is 137 Å². The van der Waals surface area contributed by atoms with E-state index in [9.17, 15) is 9.59 Å². The normalized spacial score (nSPS) is 21.8. The molecule has 0 aromatic carbocycles. The van der Waals surface area contributed by atoms with Crippen molar-refractivity contribution in [3.63, 3.8) is 0 Å². The third kappa shape index (κ3) is 3.54. The lowest BCUT2D eigenvalue weighted by atomic mass is 9.80. The van der Waals surface area contributed by atoms with Crippen LogP contribution in [-0.4, -0.2) is 50.8 Å². The molecule has 0 saturated carbocycles. The Balaban J connectivity index is 2.01. The molecule has 2 heterocycles. The largest absolute Gasteiger partial charge is 0.346 e. The van der Waals surface area contributed by atoms with Crippen molar-refractivity contribution in [3.05, 3.63) is 11.9 Å². The molecule has 0 spiro atoms. The summed E-state index contributed by atoms with van der Waals surface area (Å²) in [5.41, 5.74) is -0.101. The minimum atomic E-state index is -0.399. The molecule has 0 unspecified atom stereocenters. The second-order valence-corrected chi connectivity index (χ2v) is 7.36. The topological polar surface area (TPSA) is 80.1 Å². The molecule has 1 aliphatic rings. The van der Waals surface area contributed by atoms with Gasteiger partial charge in [0.25, 0.3) is 5.91 Å². The SMILES string of the molecule is CC(C)C(C)(C)C(=O)N1C[C@@H](C)[C@H](NC(=O)c2cnn(C)n2)C1. The van der Waals surface area contributed by atoms with Gasteiger partial charge in [-0.1, -0.05) is 34.6 Å². The van der Waals surface area contributed by atoms with E-state index in [1.165, 1.54) is 11.0 Å². The fourth-order valence-corrected chi connectivity index (χ4v) is 2.67. The first-order chi connectivity index (χ1) is 10.6. The van der Waals surface area contributed by atoms with Crippen molar-refractivity contribution >= 4 is 11.8 Å². The number of aromatic nitrogens is 3. The molecule has 0 aliphatic carbocycles. The smallest absolute Gasteiger partial charge is 0.273 e. The van der Waals surface area contributed by atoms with Crippen LogP contribution in [0.4, 0.5) is 0 Å². The zero-order chi connectivity index (χ0) is 17.4. The van der Waals surface area contributed by atoms with Gasteiger partial charge in [-0.2, -0.15) is 9.90 Å². The van der Waals surface area contributed by atoms with Gasteiger partial charge in [0.1, 0.15) is 0 Å². The van der Waals surface area contributed by atoms with Gasteiger partial charge in [-0.3, -0.25) is 9.59 Å². The van der Waals surface area contributed by atoms with Gasteiger partial charge >= 0.3 is 0 Å². The molecule has 7 heteroatoms. The first-order valence-electron chi connectivity index (χ1n) is 8.09. The maximum Gasteiger partial charge on any atom is 0.273 e. The molecule has 7 nitrogen and oxygen atoms in total. The Bertz CT molecular complexity index is 593. The maximum absolute atomic E-state index is 12.7. The molecule has 1 aromatic rings. The molecule has 2 rings (SSSR count). The number of carbonyl (C=O) groups is 2. The highest BCUT2D eigenvalue weighted by atomic mass is 16.2. The monoisotopic (exact) mass is 321 g/mol. The second kappa shape index (κ2) is 6.29. The highest BCUT2D eigenvalue weighted by Crippen LogP contribution is 2.31. The Morgan fingerprint density at radius 3 is 2.52 bits per heavy atom. The van der Waals surface area contributed by atoms with Gasteiger partial charge in [0.2, 0.25) is 5.91 Å². The molecular formula is C16H27N5O2. The molecule has 0 bridgehead atoms. The van der Waals surface area contributed by atoms with Gasteiger partial charge < -0.3 is 10.2 Å². The van der Waals surface area contributed by atoms with Crippen LogP contribution >= 0.6 is 0 Å². The number of amides is 2. The second-order valence-electron chi connectivity index (χ2n) is 7.36. The van der Waals surface area contributed by atoms with E-state index in [-0.39, 0.29) is 29.7 Å². The summed E-state index contributed by atoms with van der Waals surface area (Å²) in [5.74, 6) is 0.379. The molecule has 1 aliphatic heterocycles. The fraction of sp³-hybridized carbons (Fsp3) is 0.750. The number of hydrogen-bond donors (Lipinski definition) is 1. The molecule has 0 radical (unpaired) electrons. The Hall–Kier alpha value is -1.92. The number of nitrogens with one attached hydrogen (secondary N) is 1. The molecule has 2 atom stereocenters. The summed E-state index contributed by atoms with van der Waals surface area (Å²) in [6, 6.07) is -0.0589. The summed E-state index contributed by atoms with van der Waals surface area (Å²) in [4.78, 5) is 28.2. The summed E-state index contributed by atoms with van der Waals surface area (Å²) in [6.07, 6.45) is 1.44. The lowest BCUT2D eigenvalue weighted by molar-refractivity contribution is -0.141. The van der Waals surface area contributed by atoms with E-state index < -0.39 is 5.41 Å². The van der Waals surface area contributed by atoms with Crippen LogP contribution < -0.4 is 5.32 Å². The van der Waals surface area contributed by atoms with Crippen molar-refractivity contribution < 1.29 is 9.59 Å². The third-order valence-electron chi connectivity index (χ3n) is 5.04. The van der Waals surface area contributed by atoms with Crippen molar-refractivity contribution in [1.82, 2.24) is 25.2 Å². The maximum atomic E-state index is 12.7. The van der Waals surface area contributed by atoms with Crippen molar-refractivity contribution in [2.75, 3.05) is 13.1 Å². The molecule has 1 saturated heterocycles. The quantitative estimate of drug-likeness (QED) is 0.900. The summed E-state index contributed by atoms with van der Waals surface area (Å²) in [7, 11) is 1.67. The lowest BCUT2D eigenvalue weighted by Gasteiger charge is -2.32. The zero-order valence-electron chi connectivity index (χ0n) is 14.8. The van der Waals surface area contributed by atoms with Crippen molar-refractivity contribution in [3.8, 4) is 0 Å². The number of rotatable bonds is 4. The van der Waals surface area contributed by atoms with Crippen LogP contribution in [0.5, 0.6) is 0 Å². The third-order valence-corrected chi connectivity index (χ3v) is 5.04. The number of carbonyl (C=O) groups excluding carboxylic acids is 2. The van der Waals surface area contributed by atoms with Gasteiger partial charge in [-0.15, -0.1) is 5.10 Å². The summed E-state index contributed by atoms with van der Waals surface area (Å²) in [6.45, 7) is 11.3. The highest BCUT2D eigenvalue weighted by Gasteiger charge is 2.40. The van der Waals surface area contributed by atoms with Crippen molar-refractivity contribution in [2.45, 2.75) is 40.7 Å². The predicted molar refractivity (Wildman–Crippen MR) is 86.6 cm³/mol. The Morgan fingerprint density at radius 1 is 1.35 bits per heavy atom. The van der Waals surface area contributed by atoms with Gasteiger partial charge in [0.05, 0.1) is 12.2 Å². The van der Waals surface area contributed by atoms with Crippen molar-refractivity contribution in [1.29, 1.82) is 0 Å². The van der Waals surface area contributed by atoms with E-state index in [1.807, 2.05) is 18.7 Å². The lowest BCUT2D eigenvalue weighted by Crippen LogP contribution is -2.44. The van der Waals surface area contributed by atoms with Gasteiger partial charge in [-0.05, 0) is 11.8 Å². The Kier molecular flexibility index (Phi) is 4.77. The van der Waals surface area contributed by atoms with E-state index in [2.05, 4.69) is 36.3 Å². The van der Waals surface area contributed by atoms with E-state index in [0.717, 1.165) is 0 Å². The summed E-state index contributed by atoms with van der Waals surface area (Å²) < 4.78 is 0. The molecular weight excluding hydrogens is 294 g/mol. The number of likely N-dealkylation sites (tertiary alicyclic amines) is 1. The number of aryl methyl sites for hydroxylation is 1. The average Bonchev–Trinajstić information content (AvgIpc) is 3.04. The molecule has 23 heavy (non-hydrogen) atoms. The predicted octanol–water partition coefficient (Wildman–Crippen LogP) is 1.07. The number of hydrogen-bond acceptors (Lipinski definition) is 4. The van der Waals surface area contributed by atoms with Crippen LogP contribution in [0.2, 0.25) is 0 Å². The standard InChI is InChI=1S/C16H27N5O2/c1-10(2)16(4,5)15(23)21-8-11(3)13(9-21)18-14(22)12-7-17-20(6)19-12/h7,10-11,13H,8-9H2,1-6H3,(H,18,22)/t11-,13-/m1/s1. The first kappa shape index (κ1) is 17.4. The first-order valence-corrected chi connectivity index (χ1v) is 8.09. The molecule has 1 aromatic heterocycles. The molecule has 2 amide bonds. The Morgan fingerprint density at radius 2 is 2.00 bits per heavy atom. The van der Waals surface area contributed by atoms with Gasteiger partial charge in [-0.25, -0.2) is 0 Å². The minimum absolute atomic E-state index is 0.0589. The number of nitrogens with zero attached hydrogens (tertiary/aromatic N) is 4. The van der Waals surface area contributed by atoms with Gasteiger partial charge in [0.15, 0.2) is 5.69 Å². The summed E-state index contributed by atoms with van der Waals surface area (Å²) >= 11 is 0. The molecule has 128 valence electrons. The van der Waals surface area contributed by atoms with E-state index >= 15 is 0 Å². The van der Waals surface area contributed by atoms with Crippen LogP contribution in [0.15, 0.2) is 6.20 Å². The minimum Gasteiger partial charge on any atom is -0.346 e. The molecule has 1 N–H and O–H groups in total.